The summed E-state index contributed by atoms with van der Waals surface area (Å²) in [4.78, 5) is 15.1. The van der Waals surface area contributed by atoms with Gasteiger partial charge in [0.15, 0.2) is 5.78 Å². The van der Waals surface area contributed by atoms with E-state index in [4.69, 9.17) is 0 Å². The number of carbonyl (C=O) groups excluding carboxylic acids is 1. The van der Waals surface area contributed by atoms with Crippen molar-refractivity contribution in [2.75, 3.05) is 19.6 Å². The molecular formula is C28H29NO3. The number of phenols is 1. The zero-order valence-electron chi connectivity index (χ0n) is 18.2. The van der Waals surface area contributed by atoms with Crippen LogP contribution in [0.2, 0.25) is 0 Å². The van der Waals surface area contributed by atoms with E-state index in [9.17, 15) is 15.0 Å². The van der Waals surface area contributed by atoms with Crippen LogP contribution in [0.25, 0.3) is 11.1 Å². The molecule has 5 rings (SSSR count). The van der Waals surface area contributed by atoms with Crippen LogP contribution in [0.3, 0.4) is 0 Å². The van der Waals surface area contributed by atoms with Crippen molar-refractivity contribution in [1.82, 2.24) is 4.90 Å². The highest BCUT2D eigenvalue weighted by molar-refractivity contribution is 5.98. The summed E-state index contributed by atoms with van der Waals surface area (Å²) in [6.07, 6.45) is 2.35. The van der Waals surface area contributed by atoms with Crippen molar-refractivity contribution in [3.8, 4) is 16.9 Å². The van der Waals surface area contributed by atoms with Crippen LogP contribution < -0.4 is 0 Å². The van der Waals surface area contributed by atoms with Crippen LogP contribution in [0.4, 0.5) is 0 Å². The topological polar surface area (TPSA) is 60.8 Å². The molecule has 2 aliphatic rings. The van der Waals surface area contributed by atoms with E-state index >= 15 is 0 Å². The first-order chi connectivity index (χ1) is 15.5. The highest BCUT2D eigenvalue weighted by Gasteiger charge is 2.48. The summed E-state index contributed by atoms with van der Waals surface area (Å²) in [5.74, 6) is 1.32. The monoisotopic (exact) mass is 427 g/mol. The molecule has 1 heterocycles. The molecule has 1 saturated heterocycles. The Morgan fingerprint density at radius 2 is 1.41 bits per heavy atom. The molecule has 3 aromatic carbocycles. The largest absolute Gasteiger partial charge is 0.508 e. The number of carbonyl (C=O) groups is 1. The minimum atomic E-state index is -0.614. The molecule has 0 aromatic heterocycles. The maximum Gasteiger partial charge on any atom is 0.176 e. The molecule has 0 spiro atoms. The maximum atomic E-state index is 12.9. The van der Waals surface area contributed by atoms with Crippen molar-refractivity contribution in [2.45, 2.75) is 24.9 Å². The Bertz CT molecular complexity index is 1060. The van der Waals surface area contributed by atoms with E-state index < -0.39 is 5.60 Å². The van der Waals surface area contributed by atoms with Gasteiger partial charge in [0.05, 0.1) is 12.1 Å². The lowest BCUT2D eigenvalue weighted by Crippen LogP contribution is -2.34. The van der Waals surface area contributed by atoms with E-state index in [0.717, 1.165) is 42.6 Å². The van der Waals surface area contributed by atoms with Crippen LogP contribution in [-0.4, -0.2) is 46.1 Å². The first-order valence-corrected chi connectivity index (χ1v) is 11.4. The van der Waals surface area contributed by atoms with Gasteiger partial charge in [0, 0.05) is 25.1 Å². The number of nitrogens with zero attached hydrogens (tertiary/aromatic N) is 1. The fourth-order valence-electron chi connectivity index (χ4n) is 5.60. The number of Topliss-reactive ketones (excluding diaryl/α,β-unsaturated/α-hetero) is 1. The summed E-state index contributed by atoms with van der Waals surface area (Å²) >= 11 is 0. The molecular weight excluding hydrogens is 398 g/mol. The number of hydrogen-bond donors (Lipinski definition) is 2. The van der Waals surface area contributed by atoms with Gasteiger partial charge in [-0.1, -0.05) is 66.7 Å². The molecule has 2 fully saturated rings. The number of rotatable bonds is 6. The first-order valence-electron chi connectivity index (χ1n) is 11.4. The van der Waals surface area contributed by atoms with Crippen LogP contribution in [0.1, 0.15) is 28.8 Å². The highest BCUT2D eigenvalue weighted by atomic mass is 16.3. The van der Waals surface area contributed by atoms with Crippen molar-refractivity contribution in [2.24, 2.45) is 11.8 Å². The van der Waals surface area contributed by atoms with Gasteiger partial charge in [-0.05, 0) is 53.5 Å². The summed E-state index contributed by atoms with van der Waals surface area (Å²) in [5.41, 5.74) is 3.34. The molecule has 164 valence electrons. The van der Waals surface area contributed by atoms with Gasteiger partial charge in [0.1, 0.15) is 5.75 Å². The van der Waals surface area contributed by atoms with Crippen molar-refractivity contribution in [1.29, 1.82) is 0 Å². The Hall–Kier alpha value is -2.95. The molecule has 0 unspecified atom stereocenters. The Labute approximate surface area is 189 Å². The Balaban J connectivity index is 1.16. The lowest BCUT2D eigenvalue weighted by Gasteiger charge is -2.26. The van der Waals surface area contributed by atoms with E-state index in [0.29, 0.717) is 24.8 Å². The van der Waals surface area contributed by atoms with Crippen LogP contribution >= 0.6 is 0 Å². The maximum absolute atomic E-state index is 12.9. The molecule has 2 N–H and O–H groups in total. The van der Waals surface area contributed by atoms with Crippen LogP contribution in [0.15, 0.2) is 78.9 Å². The fraction of sp³-hybridized carbons (Fsp3) is 0.321. The number of likely N-dealkylation sites (tertiary alicyclic amines) is 1. The SMILES string of the molecule is O=C(CN1C[C@@H]2C[C@](O)(Cc3ccccc3)C[C@@H]2C1)c1ccc(-c2ccc(O)cc2)cc1. The second-order valence-electron chi connectivity index (χ2n) is 9.56. The smallest absolute Gasteiger partial charge is 0.176 e. The van der Waals surface area contributed by atoms with Gasteiger partial charge in [0.2, 0.25) is 0 Å². The zero-order chi connectivity index (χ0) is 22.1. The standard InChI is InChI=1S/C28H29NO3/c30-26-12-10-22(11-13-26)21-6-8-23(9-7-21)27(31)19-29-17-24-15-28(32,16-25(24)18-29)14-20-4-2-1-3-5-20/h1-13,24-25,30,32H,14-19H2/t24-,25+,28+. The molecule has 3 atom stereocenters. The summed E-state index contributed by atoms with van der Waals surface area (Å²) in [6, 6.07) is 25.0. The summed E-state index contributed by atoms with van der Waals surface area (Å²) < 4.78 is 0. The van der Waals surface area contributed by atoms with Crippen LogP contribution in [-0.2, 0) is 6.42 Å². The third kappa shape index (κ3) is 4.47. The van der Waals surface area contributed by atoms with Gasteiger partial charge in [-0.15, -0.1) is 0 Å². The zero-order valence-corrected chi connectivity index (χ0v) is 18.2. The van der Waals surface area contributed by atoms with Gasteiger partial charge in [0.25, 0.3) is 0 Å². The normalized spacial score (nSPS) is 25.0. The number of ketones is 1. The number of hydrogen-bond acceptors (Lipinski definition) is 4. The van der Waals surface area contributed by atoms with E-state index in [2.05, 4.69) is 17.0 Å². The molecule has 1 saturated carbocycles. The predicted molar refractivity (Wildman–Crippen MR) is 126 cm³/mol. The van der Waals surface area contributed by atoms with Crippen molar-refractivity contribution in [3.63, 3.8) is 0 Å². The van der Waals surface area contributed by atoms with E-state index in [1.165, 1.54) is 5.56 Å². The second kappa shape index (κ2) is 8.53. The van der Waals surface area contributed by atoms with E-state index in [-0.39, 0.29) is 11.5 Å². The minimum Gasteiger partial charge on any atom is -0.508 e. The number of phenolic OH excluding ortho intramolecular Hbond substituents is 1. The first kappa shape index (κ1) is 20.9. The third-order valence-electron chi connectivity index (χ3n) is 7.09. The number of aromatic hydroxyl groups is 1. The molecule has 0 radical (unpaired) electrons. The Morgan fingerprint density at radius 3 is 2.00 bits per heavy atom. The van der Waals surface area contributed by atoms with Gasteiger partial charge in [-0.2, -0.15) is 0 Å². The molecule has 4 heteroatoms. The average Bonchev–Trinajstić information content (AvgIpc) is 3.28. The van der Waals surface area contributed by atoms with Crippen molar-refractivity contribution in [3.05, 3.63) is 90.0 Å². The molecule has 3 aromatic rings. The van der Waals surface area contributed by atoms with Gasteiger partial charge >= 0.3 is 0 Å². The number of benzene rings is 3. The minimum absolute atomic E-state index is 0.141. The van der Waals surface area contributed by atoms with Crippen LogP contribution in [0.5, 0.6) is 5.75 Å². The number of aliphatic hydroxyl groups is 1. The molecule has 1 aliphatic heterocycles. The molecule has 1 aliphatic carbocycles. The van der Waals surface area contributed by atoms with Crippen molar-refractivity contribution < 1.29 is 15.0 Å². The predicted octanol–water partition coefficient (Wildman–Crippen LogP) is 4.56. The molecule has 0 amide bonds. The summed E-state index contributed by atoms with van der Waals surface area (Å²) in [7, 11) is 0. The fourth-order valence-corrected chi connectivity index (χ4v) is 5.60. The summed E-state index contributed by atoms with van der Waals surface area (Å²) in [6.45, 7) is 2.21. The van der Waals surface area contributed by atoms with Gasteiger partial charge < -0.3 is 10.2 Å². The highest BCUT2D eigenvalue weighted by Crippen LogP contribution is 2.45. The van der Waals surface area contributed by atoms with Crippen LogP contribution in [0, 0.1) is 11.8 Å². The van der Waals surface area contributed by atoms with Crippen molar-refractivity contribution >= 4 is 5.78 Å². The third-order valence-corrected chi connectivity index (χ3v) is 7.09. The van der Waals surface area contributed by atoms with E-state index in [1.807, 2.05) is 54.6 Å². The second-order valence-corrected chi connectivity index (χ2v) is 9.56. The van der Waals surface area contributed by atoms with E-state index in [1.54, 1.807) is 12.1 Å². The van der Waals surface area contributed by atoms with Gasteiger partial charge in [-0.3, -0.25) is 9.69 Å². The Kier molecular flexibility index (Phi) is 5.58. The lowest BCUT2D eigenvalue weighted by molar-refractivity contribution is 0.0355. The summed E-state index contributed by atoms with van der Waals surface area (Å²) in [5, 5.41) is 20.6. The number of fused-ring (bicyclic) bond motifs is 1. The average molecular weight is 428 g/mol. The van der Waals surface area contributed by atoms with Gasteiger partial charge in [-0.25, -0.2) is 0 Å². The molecule has 4 nitrogen and oxygen atoms in total. The molecule has 0 bridgehead atoms. The quantitative estimate of drug-likeness (QED) is 0.567. The molecule has 32 heavy (non-hydrogen) atoms. The Morgan fingerprint density at radius 1 is 0.844 bits per heavy atom. The lowest BCUT2D eigenvalue weighted by atomic mass is 9.91.